The molecule has 0 aliphatic carbocycles. The first-order chi connectivity index (χ1) is 14.7. The van der Waals surface area contributed by atoms with Crippen molar-refractivity contribution in [1.82, 2.24) is 30.4 Å². The Morgan fingerprint density at radius 3 is 2.74 bits per heavy atom. The van der Waals surface area contributed by atoms with Crippen molar-refractivity contribution in [3.05, 3.63) is 17.1 Å². The molecular weight excluding hydrogens is 452 g/mol. The van der Waals surface area contributed by atoms with Crippen molar-refractivity contribution in [3.8, 4) is 0 Å². The van der Waals surface area contributed by atoms with E-state index in [0.717, 1.165) is 4.90 Å². The maximum absolute atomic E-state index is 12.9. The lowest BCUT2D eigenvalue weighted by molar-refractivity contribution is -0.192. The van der Waals surface area contributed by atoms with Gasteiger partial charge in [-0.25, -0.2) is 9.48 Å². The highest BCUT2D eigenvalue weighted by Crippen LogP contribution is 2.46. The van der Waals surface area contributed by atoms with Crippen molar-refractivity contribution < 1.29 is 33.8 Å². The molecule has 2 N–H and O–H groups in total. The number of tetrazole rings is 1. The Morgan fingerprint density at radius 2 is 2.16 bits per heavy atom. The van der Waals surface area contributed by atoms with Gasteiger partial charge >= 0.3 is 11.9 Å². The smallest absolute Gasteiger partial charge is 0.352 e. The molecule has 2 amide bonds. The van der Waals surface area contributed by atoms with Gasteiger partial charge in [0.15, 0.2) is 5.82 Å². The lowest BCUT2D eigenvalue weighted by atomic mass is 9.98. The standard InChI is InChI=1S/C16H20N6O7S2/c1-8(23)29-4-9-5-31-15-16(28-3,14(27)22(15)12(9)13(25)26)17-11(24)7-30-6-10-18-19-20-21(10)2/h15H,4-7H2,1-3H3,(H,17,24)(H,25,26)/t15-,16+/m1/s1. The largest absolute Gasteiger partial charge is 0.477 e. The molecule has 1 fully saturated rings. The molecular formula is C16H20N6O7S2. The number of β-lactam (4-membered cyclic amide) rings is 1. The molecule has 2 aliphatic rings. The Kier molecular flexibility index (Phi) is 6.86. The van der Waals surface area contributed by atoms with Crippen LogP contribution in [0.1, 0.15) is 12.7 Å². The van der Waals surface area contributed by atoms with Crippen molar-refractivity contribution in [2.45, 2.75) is 23.8 Å². The zero-order valence-corrected chi connectivity index (χ0v) is 18.5. The van der Waals surface area contributed by atoms with Gasteiger partial charge in [-0.05, 0) is 10.4 Å². The molecule has 1 aromatic rings. The average Bonchev–Trinajstić information content (AvgIpc) is 3.13. The van der Waals surface area contributed by atoms with Crippen molar-refractivity contribution in [1.29, 1.82) is 0 Å². The van der Waals surface area contributed by atoms with Crippen LogP contribution in [-0.2, 0) is 41.5 Å². The Bertz CT molecular complexity index is 951. The molecule has 0 saturated carbocycles. The minimum atomic E-state index is -1.68. The number of ether oxygens (including phenoxy) is 2. The van der Waals surface area contributed by atoms with Crippen molar-refractivity contribution >= 4 is 47.3 Å². The summed E-state index contributed by atoms with van der Waals surface area (Å²) in [7, 11) is 2.95. The normalized spacial score (nSPS) is 22.6. The van der Waals surface area contributed by atoms with E-state index in [1.54, 1.807) is 7.05 Å². The summed E-state index contributed by atoms with van der Waals surface area (Å²) in [6, 6.07) is 0. The average molecular weight is 473 g/mol. The van der Waals surface area contributed by atoms with Crippen LogP contribution < -0.4 is 5.32 Å². The van der Waals surface area contributed by atoms with E-state index >= 15 is 0 Å². The van der Waals surface area contributed by atoms with E-state index < -0.39 is 34.9 Å². The number of carboxylic acids is 1. The number of methoxy groups -OCH3 is 1. The minimum Gasteiger partial charge on any atom is -0.477 e. The van der Waals surface area contributed by atoms with Crippen LogP contribution in [-0.4, -0.2) is 90.3 Å². The van der Waals surface area contributed by atoms with E-state index in [9.17, 15) is 24.3 Å². The fraction of sp³-hybridized carbons (Fsp3) is 0.562. The van der Waals surface area contributed by atoms with Gasteiger partial charge in [0.05, 0.1) is 11.5 Å². The molecule has 2 aliphatic heterocycles. The summed E-state index contributed by atoms with van der Waals surface area (Å²) in [5.41, 5.74) is -1.65. The number of carbonyl (C=O) groups excluding carboxylic acids is 3. The van der Waals surface area contributed by atoms with E-state index in [4.69, 9.17) is 9.47 Å². The summed E-state index contributed by atoms with van der Waals surface area (Å²) in [6.07, 6.45) is 0. The summed E-state index contributed by atoms with van der Waals surface area (Å²) in [4.78, 5) is 49.3. The zero-order chi connectivity index (χ0) is 22.8. The Morgan fingerprint density at radius 1 is 1.42 bits per heavy atom. The quantitative estimate of drug-likeness (QED) is 0.249. The van der Waals surface area contributed by atoms with Crippen LogP contribution in [0.2, 0.25) is 0 Å². The predicted molar refractivity (Wildman–Crippen MR) is 107 cm³/mol. The first kappa shape index (κ1) is 23.0. The van der Waals surface area contributed by atoms with Gasteiger partial charge in [0.2, 0.25) is 5.91 Å². The summed E-state index contributed by atoms with van der Waals surface area (Å²) in [6.45, 7) is 0.972. The topological polar surface area (TPSA) is 166 Å². The van der Waals surface area contributed by atoms with Crippen LogP contribution in [0, 0.1) is 0 Å². The number of esters is 1. The Hall–Kier alpha value is -2.65. The third kappa shape index (κ3) is 4.38. The number of rotatable bonds is 9. The summed E-state index contributed by atoms with van der Waals surface area (Å²) < 4.78 is 11.8. The highest BCUT2D eigenvalue weighted by Gasteiger charge is 2.66. The van der Waals surface area contributed by atoms with Gasteiger partial charge in [-0.2, -0.15) is 0 Å². The highest BCUT2D eigenvalue weighted by molar-refractivity contribution is 8.00. The highest BCUT2D eigenvalue weighted by atomic mass is 32.2. The van der Waals surface area contributed by atoms with Gasteiger partial charge in [0.25, 0.3) is 11.6 Å². The number of carbonyl (C=O) groups is 4. The molecule has 3 heterocycles. The first-order valence-corrected chi connectivity index (χ1v) is 11.1. The molecule has 2 atom stereocenters. The number of nitrogens with zero attached hydrogens (tertiary/aromatic N) is 5. The lowest BCUT2D eigenvalue weighted by Gasteiger charge is -2.55. The number of nitrogens with one attached hydrogen (secondary N) is 1. The predicted octanol–water partition coefficient (Wildman–Crippen LogP) is -1.28. The second-order valence-corrected chi connectivity index (χ2v) is 8.63. The molecule has 31 heavy (non-hydrogen) atoms. The number of carboxylic acid groups (broad SMARTS) is 1. The number of fused-ring (bicyclic) bond motifs is 1. The second-order valence-electron chi connectivity index (χ2n) is 6.58. The van der Waals surface area contributed by atoms with E-state index in [1.807, 2.05) is 0 Å². The van der Waals surface area contributed by atoms with Crippen LogP contribution >= 0.6 is 23.5 Å². The fourth-order valence-corrected chi connectivity index (χ4v) is 5.30. The summed E-state index contributed by atoms with van der Waals surface area (Å²) in [5.74, 6) is -1.87. The van der Waals surface area contributed by atoms with Crippen LogP contribution in [0.4, 0.5) is 0 Å². The number of aryl methyl sites for hydroxylation is 1. The summed E-state index contributed by atoms with van der Waals surface area (Å²) in [5, 5.41) is 22.5. The zero-order valence-electron chi connectivity index (χ0n) is 16.9. The number of hydrogen-bond acceptors (Lipinski definition) is 11. The first-order valence-electron chi connectivity index (χ1n) is 8.90. The number of thioether (sulfide) groups is 2. The lowest BCUT2D eigenvalue weighted by Crippen LogP contribution is -2.80. The molecule has 0 aromatic carbocycles. The molecule has 3 rings (SSSR count). The maximum Gasteiger partial charge on any atom is 0.352 e. The van der Waals surface area contributed by atoms with Gasteiger partial charge in [-0.1, -0.05) is 0 Å². The maximum atomic E-state index is 12.9. The van der Waals surface area contributed by atoms with Gasteiger partial charge in [0.1, 0.15) is 17.7 Å². The molecule has 15 heteroatoms. The van der Waals surface area contributed by atoms with Gasteiger partial charge < -0.3 is 19.9 Å². The van der Waals surface area contributed by atoms with Gasteiger partial charge in [0, 0.05) is 32.4 Å². The van der Waals surface area contributed by atoms with E-state index in [2.05, 4.69) is 20.8 Å². The van der Waals surface area contributed by atoms with Crippen LogP contribution in [0.3, 0.4) is 0 Å². The van der Waals surface area contributed by atoms with Gasteiger partial charge in [-0.15, -0.1) is 28.6 Å². The third-order valence-electron chi connectivity index (χ3n) is 4.58. The van der Waals surface area contributed by atoms with Gasteiger partial charge in [-0.3, -0.25) is 19.3 Å². The fourth-order valence-electron chi connectivity index (χ4n) is 3.09. The molecule has 1 aromatic heterocycles. The Balaban J connectivity index is 1.68. The van der Waals surface area contributed by atoms with E-state index in [-0.39, 0.29) is 23.8 Å². The minimum absolute atomic E-state index is 0.0158. The molecule has 0 bridgehead atoms. The van der Waals surface area contributed by atoms with E-state index in [0.29, 0.717) is 17.2 Å². The van der Waals surface area contributed by atoms with Crippen LogP contribution in [0.25, 0.3) is 0 Å². The van der Waals surface area contributed by atoms with Crippen LogP contribution in [0.5, 0.6) is 0 Å². The van der Waals surface area contributed by atoms with Crippen molar-refractivity contribution in [2.75, 3.05) is 25.2 Å². The number of aliphatic carboxylic acids is 1. The third-order valence-corrected chi connectivity index (χ3v) is 6.88. The molecule has 0 spiro atoms. The number of amides is 2. The monoisotopic (exact) mass is 472 g/mol. The number of aromatic nitrogens is 4. The molecule has 13 nitrogen and oxygen atoms in total. The Labute approximate surface area is 184 Å². The molecule has 0 radical (unpaired) electrons. The molecule has 1 saturated heterocycles. The number of hydrogen-bond donors (Lipinski definition) is 2. The van der Waals surface area contributed by atoms with Crippen molar-refractivity contribution in [3.63, 3.8) is 0 Å². The summed E-state index contributed by atoms with van der Waals surface area (Å²) >= 11 is 2.46. The van der Waals surface area contributed by atoms with E-state index in [1.165, 1.54) is 42.2 Å². The van der Waals surface area contributed by atoms with Crippen LogP contribution in [0.15, 0.2) is 11.3 Å². The second kappa shape index (κ2) is 9.23. The molecule has 0 unspecified atom stereocenters. The SMILES string of the molecule is CO[C@@]1(NC(=O)CSCc2nnnn2C)C(=O)N2C(C(=O)O)=C(COC(C)=O)CS[C@@H]21. The van der Waals surface area contributed by atoms with Crippen molar-refractivity contribution in [2.24, 2.45) is 7.05 Å². The molecule has 168 valence electrons.